The molecule has 0 spiro atoms. The molecule has 1 aliphatic heterocycles. The summed E-state index contributed by atoms with van der Waals surface area (Å²) in [6.45, 7) is 11.8. The maximum atomic E-state index is 14.5. The molecule has 6 N–H and O–H groups in total. The molecule has 1 fully saturated rings. The van der Waals surface area contributed by atoms with Crippen LogP contribution in [0.5, 0.6) is 5.88 Å². The summed E-state index contributed by atoms with van der Waals surface area (Å²) < 4.78 is 43.5. The molecule has 2 unspecified atom stereocenters. The van der Waals surface area contributed by atoms with Crippen LogP contribution in [0.25, 0.3) is 11.2 Å². The van der Waals surface area contributed by atoms with Crippen molar-refractivity contribution in [1.82, 2.24) is 29.7 Å². The van der Waals surface area contributed by atoms with Gasteiger partial charge in [-0.2, -0.15) is 9.97 Å². The number of ether oxygens (including phenoxy) is 4. The Morgan fingerprint density at radius 3 is 2.11 bits per heavy atom. The van der Waals surface area contributed by atoms with Gasteiger partial charge in [0.05, 0.1) is 33.3 Å². The lowest BCUT2D eigenvalue weighted by Crippen LogP contribution is -2.47. The number of aliphatic hydroxyl groups is 2. The number of anilines is 1. The molecular formula is C28H48N7O10P. The zero-order valence-electron chi connectivity index (χ0n) is 27.6. The number of carbonyl (C=O) groups excluding carboxylic acids is 2. The molecule has 18 heteroatoms. The zero-order valence-corrected chi connectivity index (χ0v) is 28.5. The standard InChI is InChI=1S/C28H48N7O10P/c1-9-42-24(37)17(11-15(3)4)33-46(40,34-18(12-16(5)6)25(38)43-10-2)44-13-19-21(36)28(7,39)26(45-19)35-14-30-20-22(35)31-27(29)32-23(20)41-8/h14-19,21,26,36,39H,9-13H2,1-8H3,(H2,29,31,32)(H2,33,34,40)/t17-,18-,19-,21?,26-,28?/m1/s1. The molecule has 0 bridgehead atoms. The molecule has 0 saturated carbocycles. The minimum atomic E-state index is -4.30. The molecule has 2 aromatic heterocycles. The van der Waals surface area contributed by atoms with Crippen LogP contribution in [0.2, 0.25) is 0 Å². The van der Waals surface area contributed by atoms with E-state index in [1.165, 1.54) is 24.9 Å². The second-order valence-corrected chi connectivity index (χ2v) is 14.0. The Hall–Kier alpha value is -2.92. The highest BCUT2D eigenvalue weighted by Gasteiger charge is 2.54. The molecule has 6 atom stereocenters. The van der Waals surface area contributed by atoms with Gasteiger partial charge in [-0.3, -0.25) is 18.7 Å². The van der Waals surface area contributed by atoms with Gasteiger partial charge >= 0.3 is 19.6 Å². The third kappa shape index (κ3) is 8.91. The summed E-state index contributed by atoms with van der Waals surface area (Å²) in [5.74, 6) is -1.33. The molecule has 0 aliphatic carbocycles. The fraction of sp³-hybridized carbons (Fsp3) is 0.750. The Labute approximate surface area is 268 Å². The zero-order chi connectivity index (χ0) is 34.4. The maximum Gasteiger partial charge on any atom is 0.342 e. The van der Waals surface area contributed by atoms with Crippen LogP contribution in [-0.4, -0.2) is 98.5 Å². The normalized spacial score (nSPS) is 23.2. The van der Waals surface area contributed by atoms with E-state index in [0.717, 1.165) is 0 Å². The first kappa shape index (κ1) is 37.5. The van der Waals surface area contributed by atoms with Gasteiger partial charge in [0.15, 0.2) is 17.4 Å². The number of esters is 2. The number of carbonyl (C=O) groups is 2. The van der Waals surface area contributed by atoms with Gasteiger partial charge in [0, 0.05) is 0 Å². The van der Waals surface area contributed by atoms with Crippen molar-refractivity contribution in [2.24, 2.45) is 11.8 Å². The van der Waals surface area contributed by atoms with Crippen LogP contribution in [0.3, 0.4) is 0 Å². The number of nitrogens with one attached hydrogen (secondary N) is 2. The predicted octanol–water partition coefficient (Wildman–Crippen LogP) is 1.69. The van der Waals surface area contributed by atoms with Gasteiger partial charge in [-0.15, -0.1) is 0 Å². The van der Waals surface area contributed by atoms with Crippen molar-refractivity contribution in [1.29, 1.82) is 0 Å². The molecule has 17 nitrogen and oxygen atoms in total. The van der Waals surface area contributed by atoms with Crippen LogP contribution in [0, 0.1) is 11.8 Å². The molecule has 1 aliphatic rings. The largest absolute Gasteiger partial charge is 0.479 e. The van der Waals surface area contributed by atoms with Crippen LogP contribution >= 0.6 is 7.67 Å². The van der Waals surface area contributed by atoms with Crippen molar-refractivity contribution in [3.05, 3.63) is 6.33 Å². The summed E-state index contributed by atoms with van der Waals surface area (Å²) in [7, 11) is -2.91. The summed E-state index contributed by atoms with van der Waals surface area (Å²) in [4.78, 5) is 38.2. The average Bonchev–Trinajstić information content (AvgIpc) is 3.47. The van der Waals surface area contributed by atoms with E-state index in [4.69, 9.17) is 29.2 Å². The molecule has 2 aromatic rings. The first-order valence-electron chi connectivity index (χ1n) is 15.3. The van der Waals surface area contributed by atoms with Gasteiger partial charge < -0.3 is 39.4 Å². The van der Waals surface area contributed by atoms with Crippen molar-refractivity contribution >= 4 is 36.7 Å². The van der Waals surface area contributed by atoms with E-state index >= 15 is 0 Å². The number of aliphatic hydroxyl groups excluding tert-OH is 1. The molecule has 1 saturated heterocycles. The second-order valence-electron chi connectivity index (χ2n) is 12.1. The first-order chi connectivity index (χ1) is 21.6. The van der Waals surface area contributed by atoms with E-state index < -0.39 is 62.3 Å². The molecular weight excluding hydrogens is 625 g/mol. The molecule has 0 aromatic carbocycles. The highest BCUT2D eigenvalue weighted by Crippen LogP contribution is 2.45. The van der Waals surface area contributed by atoms with E-state index in [9.17, 15) is 24.4 Å². The van der Waals surface area contributed by atoms with Gasteiger partial charge in [0.2, 0.25) is 11.8 Å². The van der Waals surface area contributed by atoms with Gasteiger partial charge in [-0.1, -0.05) is 27.7 Å². The Kier molecular flexibility index (Phi) is 12.9. The number of nitrogens with two attached hydrogens (primary N) is 1. The smallest absolute Gasteiger partial charge is 0.342 e. The minimum Gasteiger partial charge on any atom is -0.479 e. The molecule has 0 radical (unpaired) electrons. The number of methoxy groups -OCH3 is 1. The quantitative estimate of drug-likeness (QED) is 0.119. The van der Waals surface area contributed by atoms with Crippen molar-refractivity contribution in [2.45, 2.75) is 97.4 Å². The van der Waals surface area contributed by atoms with E-state index in [1.54, 1.807) is 13.8 Å². The van der Waals surface area contributed by atoms with Crippen LogP contribution in [0.15, 0.2) is 6.33 Å². The Morgan fingerprint density at radius 2 is 1.63 bits per heavy atom. The molecule has 260 valence electrons. The summed E-state index contributed by atoms with van der Waals surface area (Å²) in [6, 6.07) is -2.13. The average molecular weight is 674 g/mol. The SMILES string of the molecule is CCOC(=O)[C@@H](CC(C)C)NP(=O)(N[C@H](CC(C)C)C(=O)OCC)OC[C@H]1O[C@@H](n2cnc3c(OC)nc(N)nc32)C(C)(O)C1O. The third-order valence-electron chi connectivity index (χ3n) is 7.24. The van der Waals surface area contributed by atoms with Crippen LogP contribution in [0.4, 0.5) is 5.95 Å². The van der Waals surface area contributed by atoms with E-state index in [-0.39, 0.29) is 60.9 Å². The first-order valence-corrected chi connectivity index (χ1v) is 16.9. The molecule has 3 rings (SSSR count). The monoisotopic (exact) mass is 673 g/mol. The highest BCUT2D eigenvalue weighted by atomic mass is 31.2. The Bertz CT molecular complexity index is 1350. The lowest BCUT2D eigenvalue weighted by molar-refractivity contribution is -0.146. The summed E-state index contributed by atoms with van der Waals surface area (Å²) in [6.07, 6.45) is -2.24. The van der Waals surface area contributed by atoms with Crippen LogP contribution in [0.1, 0.15) is 67.5 Å². The van der Waals surface area contributed by atoms with Crippen LogP contribution in [-0.2, 0) is 32.9 Å². The number of fused-ring (bicyclic) bond motifs is 1. The third-order valence-corrected chi connectivity index (χ3v) is 9.05. The van der Waals surface area contributed by atoms with Gasteiger partial charge in [0.1, 0.15) is 29.9 Å². The lowest BCUT2D eigenvalue weighted by Gasteiger charge is -2.30. The minimum absolute atomic E-state index is 0.0100. The summed E-state index contributed by atoms with van der Waals surface area (Å²) in [5.41, 5.74) is 4.34. The number of rotatable bonds is 17. The number of hydrogen-bond donors (Lipinski definition) is 5. The van der Waals surface area contributed by atoms with Crippen LogP contribution < -0.4 is 20.6 Å². The molecule has 0 amide bonds. The highest BCUT2D eigenvalue weighted by molar-refractivity contribution is 7.54. The lowest BCUT2D eigenvalue weighted by atomic mass is 9.96. The molecule has 3 heterocycles. The summed E-state index contributed by atoms with van der Waals surface area (Å²) in [5, 5.41) is 28.1. The maximum absolute atomic E-state index is 14.5. The number of aromatic nitrogens is 4. The Morgan fingerprint density at radius 1 is 1.09 bits per heavy atom. The topological polar surface area (TPSA) is 232 Å². The number of nitrogen functional groups attached to an aromatic ring is 1. The number of nitrogens with zero attached hydrogens (tertiary/aromatic N) is 4. The van der Waals surface area contributed by atoms with Gasteiger partial charge in [0.25, 0.3) is 0 Å². The number of hydrogen-bond acceptors (Lipinski definition) is 14. The van der Waals surface area contributed by atoms with E-state index in [1.807, 2.05) is 27.7 Å². The van der Waals surface area contributed by atoms with E-state index in [0.29, 0.717) is 0 Å². The predicted molar refractivity (Wildman–Crippen MR) is 166 cm³/mol. The van der Waals surface area contributed by atoms with Crippen molar-refractivity contribution in [3.63, 3.8) is 0 Å². The second kappa shape index (κ2) is 15.8. The van der Waals surface area contributed by atoms with Gasteiger partial charge in [-0.25, -0.2) is 15.2 Å². The number of imidazole rings is 1. The van der Waals surface area contributed by atoms with Crippen molar-refractivity contribution in [3.8, 4) is 5.88 Å². The Balaban J connectivity index is 1.94. The fourth-order valence-corrected chi connectivity index (χ4v) is 6.95. The summed E-state index contributed by atoms with van der Waals surface area (Å²) >= 11 is 0. The van der Waals surface area contributed by atoms with Crippen molar-refractivity contribution < 1.29 is 47.8 Å². The molecule has 46 heavy (non-hydrogen) atoms. The fourth-order valence-electron chi connectivity index (χ4n) is 5.13. The van der Waals surface area contributed by atoms with E-state index in [2.05, 4.69) is 25.1 Å². The van der Waals surface area contributed by atoms with Crippen molar-refractivity contribution in [2.75, 3.05) is 32.7 Å². The van der Waals surface area contributed by atoms with Gasteiger partial charge in [-0.05, 0) is 45.4 Å².